The molecular formula is C19H23N3O3. The van der Waals surface area contributed by atoms with Crippen molar-refractivity contribution < 1.29 is 14.3 Å². The Balaban J connectivity index is 1.81. The first kappa shape index (κ1) is 18.4. The van der Waals surface area contributed by atoms with Crippen molar-refractivity contribution in [3.8, 4) is 5.75 Å². The number of aryl methyl sites for hydroxylation is 1. The van der Waals surface area contributed by atoms with E-state index < -0.39 is 5.91 Å². The molecule has 1 aromatic carbocycles. The molecule has 0 radical (unpaired) electrons. The minimum absolute atomic E-state index is 0.143. The van der Waals surface area contributed by atoms with E-state index in [-0.39, 0.29) is 24.9 Å². The Morgan fingerprint density at radius 3 is 2.60 bits per heavy atom. The molecule has 0 saturated heterocycles. The third-order valence-corrected chi connectivity index (χ3v) is 3.58. The van der Waals surface area contributed by atoms with E-state index >= 15 is 0 Å². The molecule has 0 saturated carbocycles. The summed E-state index contributed by atoms with van der Waals surface area (Å²) in [5, 5.41) is 0. The van der Waals surface area contributed by atoms with Gasteiger partial charge in [-0.3, -0.25) is 25.4 Å². The Bertz CT molecular complexity index is 730. The van der Waals surface area contributed by atoms with Crippen molar-refractivity contribution in [1.82, 2.24) is 15.8 Å². The van der Waals surface area contributed by atoms with Gasteiger partial charge in [-0.25, -0.2) is 0 Å². The van der Waals surface area contributed by atoms with Crippen molar-refractivity contribution in [2.75, 3.05) is 6.61 Å². The summed E-state index contributed by atoms with van der Waals surface area (Å²) in [6.45, 7) is 5.93. The summed E-state index contributed by atoms with van der Waals surface area (Å²) in [6.07, 6.45) is 3.39. The molecule has 6 heteroatoms. The number of rotatable bonds is 6. The maximum atomic E-state index is 11.9. The molecule has 0 aliphatic rings. The lowest BCUT2D eigenvalue weighted by Gasteiger charge is -2.15. The first-order chi connectivity index (χ1) is 12.0. The van der Waals surface area contributed by atoms with Crippen molar-refractivity contribution in [1.29, 1.82) is 0 Å². The first-order valence-corrected chi connectivity index (χ1v) is 8.15. The van der Waals surface area contributed by atoms with Crippen LogP contribution in [-0.2, 0) is 16.0 Å². The highest BCUT2D eigenvalue weighted by atomic mass is 16.5. The van der Waals surface area contributed by atoms with Gasteiger partial charge in [0.15, 0.2) is 6.61 Å². The van der Waals surface area contributed by atoms with Gasteiger partial charge in [-0.2, -0.15) is 0 Å². The smallest absolute Gasteiger partial charge is 0.276 e. The van der Waals surface area contributed by atoms with Crippen molar-refractivity contribution in [3.63, 3.8) is 0 Å². The van der Waals surface area contributed by atoms with Crippen LogP contribution in [0, 0.1) is 6.92 Å². The standard InChI is InChI=1S/C19H23N3O3/c1-13(2)16-7-6-14(3)9-17(16)25-12-19(24)22-21-18(23)10-15-5-4-8-20-11-15/h4-9,11,13H,10,12H2,1-3H3,(H,21,23)(H,22,24). The lowest BCUT2D eigenvalue weighted by Crippen LogP contribution is -2.44. The molecule has 132 valence electrons. The summed E-state index contributed by atoms with van der Waals surface area (Å²) in [4.78, 5) is 27.6. The van der Waals surface area contributed by atoms with Gasteiger partial charge in [0.25, 0.3) is 5.91 Å². The number of nitrogens with zero attached hydrogens (tertiary/aromatic N) is 1. The van der Waals surface area contributed by atoms with Crippen LogP contribution in [0.5, 0.6) is 5.75 Å². The van der Waals surface area contributed by atoms with E-state index in [9.17, 15) is 9.59 Å². The van der Waals surface area contributed by atoms with Crippen LogP contribution in [-0.4, -0.2) is 23.4 Å². The maximum Gasteiger partial charge on any atom is 0.276 e. The molecule has 0 bridgehead atoms. The van der Waals surface area contributed by atoms with Gasteiger partial charge in [-0.15, -0.1) is 0 Å². The second-order valence-electron chi connectivity index (χ2n) is 6.12. The minimum Gasteiger partial charge on any atom is -0.483 e. The highest BCUT2D eigenvalue weighted by molar-refractivity contribution is 5.83. The highest BCUT2D eigenvalue weighted by Gasteiger charge is 2.11. The molecule has 0 aliphatic carbocycles. The topological polar surface area (TPSA) is 80.3 Å². The Morgan fingerprint density at radius 1 is 1.16 bits per heavy atom. The van der Waals surface area contributed by atoms with Crippen LogP contribution in [0.3, 0.4) is 0 Å². The van der Waals surface area contributed by atoms with Crippen LogP contribution < -0.4 is 15.6 Å². The fourth-order valence-electron chi connectivity index (χ4n) is 2.29. The molecule has 2 amide bonds. The molecule has 0 aliphatic heterocycles. The van der Waals surface area contributed by atoms with Gasteiger partial charge in [0.1, 0.15) is 5.75 Å². The fraction of sp³-hybridized carbons (Fsp3) is 0.316. The van der Waals surface area contributed by atoms with E-state index in [1.165, 1.54) is 0 Å². The largest absolute Gasteiger partial charge is 0.483 e. The zero-order chi connectivity index (χ0) is 18.2. The number of carbonyl (C=O) groups is 2. The van der Waals surface area contributed by atoms with Gasteiger partial charge in [-0.05, 0) is 41.7 Å². The molecule has 0 unspecified atom stereocenters. The number of aromatic nitrogens is 1. The van der Waals surface area contributed by atoms with Crippen LogP contribution in [0.2, 0.25) is 0 Å². The van der Waals surface area contributed by atoms with Gasteiger partial charge in [0.2, 0.25) is 5.91 Å². The molecule has 1 aromatic heterocycles. The normalized spacial score (nSPS) is 10.4. The van der Waals surface area contributed by atoms with E-state index in [0.717, 1.165) is 16.7 Å². The monoisotopic (exact) mass is 341 g/mol. The summed E-state index contributed by atoms with van der Waals surface area (Å²) >= 11 is 0. The number of hydrogen-bond acceptors (Lipinski definition) is 4. The lowest BCUT2D eigenvalue weighted by atomic mass is 10.0. The molecule has 2 N–H and O–H groups in total. The van der Waals surface area contributed by atoms with E-state index in [2.05, 4.69) is 29.7 Å². The summed E-state index contributed by atoms with van der Waals surface area (Å²) in [7, 11) is 0. The molecule has 0 fully saturated rings. The summed E-state index contributed by atoms with van der Waals surface area (Å²) < 4.78 is 5.62. The number of hydrogen-bond donors (Lipinski definition) is 2. The molecule has 6 nitrogen and oxygen atoms in total. The van der Waals surface area contributed by atoms with Gasteiger partial charge < -0.3 is 4.74 Å². The lowest BCUT2D eigenvalue weighted by molar-refractivity contribution is -0.129. The van der Waals surface area contributed by atoms with Crippen LogP contribution in [0.1, 0.15) is 36.5 Å². The second kappa shape index (κ2) is 8.82. The van der Waals surface area contributed by atoms with E-state index in [1.54, 1.807) is 24.5 Å². The molecule has 1 heterocycles. The van der Waals surface area contributed by atoms with Gasteiger partial charge in [0, 0.05) is 12.4 Å². The highest BCUT2D eigenvalue weighted by Crippen LogP contribution is 2.27. The predicted molar refractivity (Wildman–Crippen MR) is 95.0 cm³/mol. The molecular weight excluding hydrogens is 318 g/mol. The minimum atomic E-state index is -0.421. The number of nitrogens with one attached hydrogen (secondary N) is 2. The van der Waals surface area contributed by atoms with Crippen molar-refractivity contribution in [2.24, 2.45) is 0 Å². The number of amides is 2. The quantitative estimate of drug-likeness (QED) is 0.790. The Hall–Kier alpha value is -2.89. The zero-order valence-electron chi connectivity index (χ0n) is 14.7. The van der Waals surface area contributed by atoms with Crippen LogP contribution in [0.15, 0.2) is 42.7 Å². The SMILES string of the molecule is Cc1ccc(C(C)C)c(OCC(=O)NNC(=O)Cc2cccnc2)c1. The van der Waals surface area contributed by atoms with E-state index in [4.69, 9.17) is 4.74 Å². The van der Waals surface area contributed by atoms with Gasteiger partial charge in [0.05, 0.1) is 6.42 Å². The zero-order valence-corrected chi connectivity index (χ0v) is 14.7. The van der Waals surface area contributed by atoms with Crippen LogP contribution in [0.4, 0.5) is 0 Å². The van der Waals surface area contributed by atoms with E-state index in [1.807, 2.05) is 25.1 Å². The number of ether oxygens (including phenoxy) is 1. The number of carbonyl (C=O) groups excluding carboxylic acids is 2. The Labute approximate surface area is 147 Å². The molecule has 0 atom stereocenters. The Morgan fingerprint density at radius 2 is 1.92 bits per heavy atom. The van der Waals surface area contributed by atoms with Crippen LogP contribution >= 0.6 is 0 Å². The van der Waals surface area contributed by atoms with Crippen molar-refractivity contribution >= 4 is 11.8 Å². The number of pyridine rings is 1. The maximum absolute atomic E-state index is 11.9. The average molecular weight is 341 g/mol. The van der Waals surface area contributed by atoms with Crippen molar-refractivity contribution in [2.45, 2.75) is 33.1 Å². The first-order valence-electron chi connectivity index (χ1n) is 8.15. The summed E-state index contributed by atoms with van der Waals surface area (Å²) in [5.41, 5.74) is 7.59. The second-order valence-corrected chi connectivity index (χ2v) is 6.12. The third-order valence-electron chi connectivity index (χ3n) is 3.58. The molecule has 2 rings (SSSR count). The third kappa shape index (κ3) is 5.91. The number of benzene rings is 1. The van der Waals surface area contributed by atoms with E-state index in [0.29, 0.717) is 5.75 Å². The molecule has 2 aromatic rings. The molecule has 0 spiro atoms. The summed E-state index contributed by atoms with van der Waals surface area (Å²) in [6, 6.07) is 9.47. The van der Waals surface area contributed by atoms with Gasteiger partial charge >= 0.3 is 0 Å². The fourth-order valence-corrected chi connectivity index (χ4v) is 2.29. The van der Waals surface area contributed by atoms with Gasteiger partial charge in [-0.1, -0.05) is 32.0 Å². The average Bonchev–Trinajstić information content (AvgIpc) is 2.59. The predicted octanol–water partition coefficient (Wildman–Crippen LogP) is 2.28. The molecule has 25 heavy (non-hydrogen) atoms. The van der Waals surface area contributed by atoms with Crippen LogP contribution in [0.25, 0.3) is 0 Å². The number of hydrazine groups is 1. The Kier molecular flexibility index (Phi) is 6.51. The summed E-state index contributed by atoms with van der Waals surface area (Å²) in [5.74, 6) is 0.236. The van der Waals surface area contributed by atoms with Crippen molar-refractivity contribution in [3.05, 3.63) is 59.4 Å².